The number of nitrogens with one attached hydrogen (secondary N) is 2. The number of aromatic nitrogens is 2. The second kappa shape index (κ2) is 6.31. The Bertz CT molecular complexity index is 1030. The van der Waals surface area contributed by atoms with Crippen LogP contribution in [0.2, 0.25) is 0 Å². The summed E-state index contributed by atoms with van der Waals surface area (Å²) in [6, 6.07) is 7.37. The Hall–Kier alpha value is -2.12. The normalized spacial score (nSPS) is 11.7. The summed E-state index contributed by atoms with van der Waals surface area (Å²) in [5, 5.41) is 7.25. The minimum Gasteiger partial charge on any atom is -0.282 e. The molecule has 0 spiro atoms. The molecule has 0 aliphatic rings. The van der Waals surface area contributed by atoms with Gasteiger partial charge in [0.1, 0.15) is 10.6 Å². The molecule has 0 aliphatic carbocycles. The third-order valence-corrected chi connectivity index (χ3v) is 6.82. The van der Waals surface area contributed by atoms with Crippen LogP contribution in [-0.2, 0) is 10.0 Å². The first-order chi connectivity index (χ1) is 11.7. The van der Waals surface area contributed by atoms with E-state index in [-0.39, 0.29) is 0 Å². The summed E-state index contributed by atoms with van der Waals surface area (Å²) < 4.78 is 28.4. The maximum atomic E-state index is 12.8. The van der Waals surface area contributed by atoms with Gasteiger partial charge in [-0.25, -0.2) is 8.42 Å². The molecule has 0 unspecified atom stereocenters. The fourth-order valence-electron chi connectivity index (χ4n) is 2.82. The van der Waals surface area contributed by atoms with Crippen molar-refractivity contribution in [2.24, 2.45) is 0 Å². The summed E-state index contributed by atoms with van der Waals surface area (Å²) in [6.45, 7) is 9.64. The molecule has 5 nitrogen and oxygen atoms in total. The molecule has 7 heteroatoms. The molecule has 0 atom stereocenters. The summed E-state index contributed by atoms with van der Waals surface area (Å²) in [4.78, 5) is 1.89. The zero-order valence-electron chi connectivity index (χ0n) is 14.9. The predicted molar refractivity (Wildman–Crippen MR) is 103 cm³/mol. The van der Waals surface area contributed by atoms with E-state index in [9.17, 15) is 8.42 Å². The Labute approximate surface area is 152 Å². The van der Waals surface area contributed by atoms with Gasteiger partial charge in [0, 0.05) is 16.3 Å². The van der Waals surface area contributed by atoms with Crippen LogP contribution >= 0.6 is 11.3 Å². The lowest BCUT2D eigenvalue weighted by atomic mass is 10.1. The molecule has 1 aromatic carbocycles. The zero-order valence-corrected chi connectivity index (χ0v) is 16.5. The van der Waals surface area contributed by atoms with E-state index < -0.39 is 10.0 Å². The summed E-state index contributed by atoms with van der Waals surface area (Å²) in [5.41, 5.74) is 5.44. The van der Waals surface area contributed by atoms with Crippen LogP contribution in [0.4, 0.5) is 5.69 Å². The van der Waals surface area contributed by atoms with Gasteiger partial charge in [-0.1, -0.05) is 6.07 Å². The van der Waals surface area contributed by atoms with Crippen molar-refractivity contribution in [1.82, 2.24) is 10.2 Å². The van der Waals surface area contributed by atoms with E-state index in [0.717, 1.165) is 37.8 Å². The van der Waals surface area contributed by atoms with Gasteiger partial charge in [0.15, 0.2) is 0 Å². The maximum Gasteiger partial charge on any atom is 0.263 e. The van der Waals surface area contributed by atoms with Gasteiger partial charge in [-0.3, -0.25) is 9.82 Å². The number of aryl methyl sites for hydroxylation is 4. The van der Waals surface area contributed by atoms with Gasteiger partial charge in [-0.15, -0.1) is 11.3 Å². The minimum atomic E-state index is -3.65. The molecule has 0 amide bonds. The van der Waals surface area contributed by atoms with Crippen LogP contribution in [0.5, 0.6) is 0 Å². The summed E-state index contributed by atoms with van der Waals surface area (Å²) in [7, 11) is -3.65. The molecule has 0 aliphatic heterocycles. The van der Waals surface area contributed by atoms with E-state index in [4.69, 9.17) is 0 Å². The van der Waals surface area contributed by atoms with Crippen LogP contribution in [0.3, 0.4) is 0 Å². The third kappa shape index (κ3) is 3.48. The molecule has 2 N–H and O–H groups in total. The molecular weight excluding hydrogens is 354 g/mol. The molecule has 0 radical (unpaired) electrons. The Morgan fingerprint density at radius 1 is 1.00 bits per heavy atom. The number of thiophene rings is 1. The Balaban J connectivity index is 1.99. The first-order valence-electron chi connectivity index (χ1n) is 7.91. The molecule has 0 fully saturated rings. The van der Waals surface area contributed by atoms with Gasteiger partial charge < -0.3 is 0 Å². The molecule has 25 heavy (non-hydrogen) atoms. The average molecular weight is 376 g/mol. The summed E-state index contributed by atoms with van der Waals surface area (Å²) in [5.74, 6) is 0. The zero-order chi connectivity index (χ0) is 18.4. The van der Waals surface area contributed by atoms with Crippen molar-refractivity contribution in [1.29, 1.82) is 0 Å². The van der Waals surface area contributed by atoms with Crippen LogP contribution < -0.4 is 4.72 Å². The summed E-state index contributed by atoms with van der Waals surface area (Å²) in [6.07, 6.45) is 0. The van der Waals surface area contributed by atoms with Crippen LogP contribution in [-0.4, -0.2) is 18.6 Å². The van der Waals surface area contributed by atoms with Crippen molar-refractivity contribution in [2.45, 2.75) is 39.5 Å². The highest BCUT2D eigenvalue weighted by Crippen LogP contribution is 2.35. The number of nitrogens with zero attached hydrogens (tertiary/aromatic N) is 1. The first kappa shape index (κ1) is 17.7. The van der Waals surface area contributed by atoms with Gasteiger partial charge >= 0.3 is 0 Å². The molecule has 3 rings (SSSR count). The highest BCUT2D eigenvalue weighted by molar-refractivity contribution is 7.93. The summed E-state index contributed by atoms with van der Waals surface area (Å²) >= 11 is 1.44. The highest BCUT2D eigenvalue weighted by Gasteiger charge is 2.22. The van der Waals surface area contributed by atoms with Gasteiger partial charge in [0.25, 0.3) is 10.0 Å². The van der Waals surface area contributed by atoms with E-state index in [2.05, 4.69) is 14.9 Å². The molecule has 2 heterocycles. The Kier molecular flexibility index (Phi) is 4.47. The second-order valence-electron chi connectivity index (χ2n) is 6.34. The van der Waals surface area contributed by atoms with Gasteiger partial charge in [-0.05, 0) is 69.5 Å². The number of benzene rings is 1. The van der Waals surface area contributed by atoms with Crippen LogP contribution in [0.15, 0.2) is 29.2 Å². The smallest absolute Gasteiger partial charge is 0.263 e. The second-order valence-corrected chi connectivity index (χ2v) is 9.24. The lowest BCUT2D eigenvalue weighted by molar-refractivity contribution is 0.601. The topological polar surface area (TPSA) is 74.8 Å². The number of anilines is 1. The lowest BCUT2D eigenvalue weighted by Crippen LogP contribution is -2.13. The van der Waals surface area contributed by atoms with E-state index in [1.807, 2.05) is 52.8 Å². The van der Waals surface area contributed by atoms with Crippen molar-refractivity contribution in [2.75, 3.05) is 4.72 Å². The number of hydrogen-bond acceptors (Lipinski definition) is 4. The van der Waals surface area contributed by atoms with Crippen LogP contribution in [0.25, 0.3) is 10.6 Å². The molecular formula is C18H21N3O2S2. The van der Waals surface area contributed by atoms with Crippen molar-refractivity contribution in [3.8, 4) is 10.6 Å². The average Bonchev–Trinajstić information content (AvgIpc) is 3.02. The van der Waals surface area contributed by atoms with Gasteiger partial charge in [-0.2, -0.15) is 5.10 Å². The number of aromatic amines is 1. The van der Waals surface area contributed by atoms with Crippen LogP contribution in [0.1, 0.15) is 27.3 Å². The fourth-order valence-corrected chi connectivity index (χ4v) is 5.50. The predicted octanol–water partition coefficient (Wildman–Crippen LogP) is 4.48. The number of H-pyrrole nitrogens is 1. The molecule has 2 aromatic heterocycles. The van der Waals surface area contributed by atoms with E-state index >= 15 is 0 Å². The van der Waals surface area contributed by atoms with Crippen molar-refractivity contribution >= 4 is 27.0 Å². The van der Waals surface area contributed by atoms with Crippen molar-refractivity contribution in [3.63, 3.8) is 0 Å². The largest absolute Gasteiger partial charge is 0.282 e. The fraction of sp³-hybridized carbons (Fsp3) is 0.278. The standard InChI is InChI=1S/C18H21N3O2S2/c1-10-6-11(2)8-15(7-10)21-25(22,23)17-9-16(24-14(17)5)18-12(3)13(4)19-20-18/h6-9,21H,1-5H3,(H,19,20). The Morgan fingerprint density at radius 2 is 1.64 bits per heavy atom. The van der Waals surface area contributed by atoms with Crippen molar-refractivity contribution < 1.29 is 8.42 Å². The van der Waals surface area contributed by atoms with Gasteiger partial charge in [0.05, 0.1) is 4.88 Å². The first-order valence-corrected chi connectivity index (χ1v) is 10.2. The molecule has 0 bridgehead atoms. The highest BCUT2D eigenvalue weighted by atomic mass is 32.2. The number of rotatable bonds is 4. The maximum absolute atomic E-state index is 12.8. The third-order valence-electron chi connectivity index (χ3n) is 4.12. The van der Waals surface area contributed by atoms with Crippen molar-refractivity contribution in [3.05, 3.63) is 51.5 Å². The Morgan fingerprint density at radius 3 is 2.20 bits per heavy atom. The molecule has 132 valence electrons. The molecule has 3 aromatic rings. The van der Waals surface area contributed by atoms with E-state index in [0.29, 0.717) is 10.6 Å². The monoisotopic (exact) mass is 375 g/mol. The molecule has 0 saturated carbocycles. The number of sulfonamides is 1. The van der Waals surface area contributed by atoms with E-state index in [1.165, 1.54) is 11.3 Å². The number of hydrogen-bond donors (Lipinski definition) is 2. The SMILES string of the molecule is Cc1cc(C)cc(NS(=O)(=O)c2cc(-c3n[nH]c(C)c3C)sc2C)c1. The van der Waals surface area contributed by atoms with E-state index in [1.54, 1.807) is 6.07 Å². The lowest BCUT2D eigenvalue weighted by Gasteiger charge is -2.09. The minimum absolute atomic E-state index is 0.298. The van der Waals surface area contributed by atoms with Gasteiger partial charge in [0.2, 0.25) is 0 Å². The molecule has 0 saturated heterocycles. The quantitative estimate of drug-likeness (QED) is 0.706. The van der Waals surface area contributed by atoms with Crippen LogP contribution in [0, 0.1) is 34.6 Å².